The van der Waals surface area contributed by atoms with Crippen molar-refractivity contribution in [2.45, 2.75) is 39.3 Å². The Hall–Kier alpha value is -0.610. The van der Waals surface area contributed by atoms with Crippen molar-refractivity contribution in [3.8, 4) is 0 Å². The van der Waals surface area contributed by atoms with E-state index in [0.29, 0.717) is 12.1 Å². The lowest BCUT2D eigenvalue weighted by Crippen LogP contribution is -2.31. The highest BCUT2D eigenvalue weighted by molar-refractivity contribution is 9.10. The Morgan fingerprint density at radius 2 is 2.29 bits per heavy atom. The third-order valence-electron chi connectivity index (χ3n) is 3.34. The van der Waals surface area contributed by atoms with Gasteiger partial charge in [0.15, 0.2) is 0 Å². The number of nitrogens with one attached hydrogen (secondary N) is 1. The average Bonchev–Trinajstić information content (AvgIpc) is 2.72. The minimum atomic E-state index is 0.555. The van der Waals surface area contributed by atoms with E-state index in [2.05, 4.69) is 58.0 Å². The number of hydrogen-bond acceptors (Lipinski definition) is 3. The van der Waals surface area contributed by atoms with Crippen LogP contribution in [-0.2, 0) is 0 Å². The summed E-state index contributed by atoms with van der Waals surface area (Å²) in [6.07, 6.45) is 3.11. The Balaban J connectivity index is 1.96. The van der Waals surface area contributed by atoms with Crippen LogP contribution in [0.4, 0.5) is 5.69 Å². The molecular weight excluding hydrogens is 278 g/mol. The molecule has 94 valence electrons. The van der Waals surface area contributed by atoms with Gasteiger partial charge in [0.2, 0.25) is 0 Å². The molecule has 3 nitrogen and oxygen atoms in total. The number of pyridine rings is 1. The van der Waals surface area contributed by atoms with Gasteiger partial charge in [-0.2, -0.15) is 0 Å². The number of aryl methyl sites for hydroxylation is 1. The van der Waals surface area contributed by atoms with Crippen LogP contribution in [0.25, 0.3) is 0 Å². The van der Waals surface area contributed by atoms with Crippen LogP contribution in [0.3, 0.4) is 0 Å². The summed E-state index contributed by atoms with van der Waals surface area (Å²) in [4.78, 5) is 6.83. The minimum absolute atomic E-state index is 0.555. The van der Waals surface area contributed by atoms with Gasteiger partial charge in [-0.05, 0) is 54.8 Å². The summed E-state index contributed by atoms with van der Waals surface area (Å²) in [5, 5.41) is 3.57. The van der Waals surface area contributed by atoms with Crippen molar-refractivity contribution in [1.29, 1.82) is 0 Å². The van der Waals surface area contributed by atoms with Gasteiger partial charge >= 0.3 is 0 Å². The molecule has 1 aromatic heterocycles. The number of aromatic nitrogens is 1. The van der Waals surface area contributed by atoms with Crippen LogP contribution >= 0.6 is 15.9 Å². The predicted octanol–water partition coefficient (Wildman–Crippen LogP) is 3.05. The van der Waals surface area contributed by atoms with Gasteiger partial charge in [-0.1, -0.05) is 0 Å². The summed E-state index contributed by atoms with van der Waals surface area (Å²) in [7, 11) is 0. The van der Waals surface area contributed by atoms with E-state index >= 15 is 0 Å². The van der Waals surface area contributed by atoms with E-state index in [1.807, 2.05) is 6.20 Å². The highest BCUT2D eigenvalue weighted by Gasteiger charge is 2.23. The maximum absolute atomic E-state index is 4.32. The fourth-order valence-corrected chi connectivity index (χ4v) is 2.46. The van der Waals surface area contributed by atoms with E-state index in [1.165, 1.54) is 18.5 Å². The van der Waals surface area contributed by atoms with E-state index < -0.39 is 0 Å². The highest BCUT2D eigenvalue weighted by Crippen LogP contribution is 2.20. The smallest absolute Gasteiger partial charge is 0.109 e. The molecule has 0 saturated carbocycles. The molecule has 0 amide bonds. The van der Waals surface area contributed by atoms with Crippen LogP contribution in [0.15, 0.2) is 16.9 Å². The van der Waals surface area contributed by atoms with Gasteiger partial charge in [0, 0.05) is 25.2 Å². The molecule has 0 aliphatic carbocycles. The molecule has 0 bridgehead atoms. The van der Waals surface area contributed by atoms with Gasteiger partial charge in [-0.15, -0.1) is 0 Å². The molecule has 2 heterocycles. The second-order valence-corrected chi connectivity index (χ2v) is 5.80. The topological polar surface area (TPSA) is 28.2 Å². The van der Waals surface area contributed by atoms with Crippen LogP contribution < -0.4 is 5.32 Å². The maximum atomic E-state index is 4.32. The van der Waals surface area contributed by atoms with Crippen molar-refractivity contribution < 1.29 is 0 Å². The van der Waals surface area contributed by atoms with Gasteiger partial charge in [-0.3, -0.25) is 4.90 Å². The Kier molecular flexibility index (Phi) is 4.05. The Bertz CT molecular complexity index is 392. The monoisotopic (exact) mass is 297 g/mol. The molecule has 4 heteroatoms. The van der Waals surface area contributed by atoms with Crippen LogP contribution in [0.1, 0.15) is 25.8 Å². The molecule has 1 saturated heterocycles. The van der Waals surface area contributed by atoms with Gasteiger partial charge in [0.1, 0.15) is 4.60 Å². The molecule has 2 rings (SSSR count). The van der Waals surface area contributed by atoms with Crippen molar-refractivity contribution >= 4 is 21.6 Å². The summed E-state index contributed by atoms with van der Waals surface area (Å²) in [6.45, 7) is 8.91. The maximum Gasteiger partial charge on any atom is 0.109 e. The van der Waals surface area contributed by atoms with Gasteiger partial charge in [0.25, 0.3) is 0 Å². The first kappa shape index (κ1) is 12.8. The lowest BCUT2D eigenvalue weighted by Gasteiger charge is -2.20. The number of anilines is 1. The second-order valence-electron chi connectivity index (χ2n) is 5.05. The quantitative estimate of drug-likeness (QED) is 0.869. The van der Waals surface area contributed by atoms with E-state index in [1.54, 1.807) is 0 Å². The first-order chi connectivity index (χ1) is 8.06. The molecule has 1 aliphatic rings. The number of rotatable bonds is 3. The third kappa shape index (κ3) is 3.19. The molecule has 0 aromatic carbocycles. The molecule has 0 radical (unpaired) electrons. The van der Waals surface area contributed by atoms with Crippen LogP contribution in [0, 0.1) is 6.92 Å². The first-order valence-corrected chi connectivity index (χ1v) is 6.98. The van der Waals surface area contributed by atoms with Crippen LogP contribution in [0.5, 0.6) is 0 Å². The number of likely N-dealkylation sites (tertiary alicyclic amines) is 1. The zero-order valence-corrected chi connectivity index (χ0v) is 12.3. The summed E-state index contributed by atoms with van der Waals surface area (Å²) in [5.41, 5.74) is 2.30. The van der Waals surface area contributed by atoms with Crippen molar-refractivity contribution in [3.63, 3.8) is 0 Å². The molecular formula is C13H20BrN3. The number of hydrogen-bond donors (Lipinski definition) is 1. The molecule has 1 N–H and O–H groups in total. The first-order valence-electron chi connectivity index (χ1n) is 6.19. The van der Waals surface area contributed by atoms with Crippen LogP contribution in [0.2, 0.25) is 0 Å². The van der Waals surface area contributed by atoms with Gasteiger partial charge < -0.3 is 5.32 Å². The predicted molar refractivity (Wildman–Crippen MR) is 75.4 cm³/mol. The fraction of sp³-hybridized carbons (Fsp3) is 0.615. The van der Waals surface area contributed by atoms with Crippen molar-refractivity contribution in [1.82, 2.24) is 9.88 Å². The zero-order chi connectivity index (χ0) is 12.4. The van der Waals surface area contributed by atoms with E-state index in [4.69, 9.17) is 0 Å². The van der Waals surface area contributed by atoms with E-state index in [-0.39, 0.29) is 0 Å². The van der Waals surface area contributed by atoms with Crippen molar-refractivity contribution in [2.75, 3.05) is 18.4 Å². The van der Waals surface area contributed by atoms with E-state index in [9.17, 15) is 0 Å². The fourth-order valence-electron chi connectivity index (χ4n) is 2.25. The van der Waals surface area contributed by atoms with Crippen molar-refractivity contribution in [3.05, 3.63) is 22.4 Å². The second kappa shape index (κ2) is 5.36. The molecule has 1 aliphatic heterocycles. The average molecular weight is 298 g/mol. The molecule has 17 heavy (non-hydrogen) atoms. The Morgan fingerprint density at radius 3 is 2.88 bits per heavy atom. The third-order valence-corrected chi connectivity index (χ3v) is 4.17. The molecule has 0 spiro atoms. The SMILES string of the molecule is Cc1cc(NC2CCN(C(C)C)C2)cnc1Br. The summed E-state index contributed by atoms with van der Waals surface area (Å²) in [5.74, 6) is 0. The molecule has 1 atom stereocenters. The Labute approximate surface area is 112 Å². The summed E-state index contributed by atoms with van der Waals surface area (Å²) >= 11 is 3.42. The Morgan fingerprint density at radius 1 is 1.53 bits per heavy atom. The standard InChI is InChI=1S/C13H20BrN3/c1-9(2)17-5-4-11(8-17)16-12-6-10(3)13(14)15-7-12/h6-7,9,11,16H,4-5,8H2,1-3H3. The van der Waals surface area contributed by atoms with Crippen LogP contribution in [-0.4, -0.2) is 35.1 Å². The highest BCUT2D eigenvalue weighted by atomic mass is 79.9. The lowest BCUT2D eigenvalue weighted by atomic mass is 10.2. The zero-order valence-electron chi connectivity index (χ0n) is 10.7. The van der Waals surface area contributed by atoms with Gasteiger partial charge in [0.05, 0.1) is 11.9 Å². The lowest BCUT2D eigenvalue weighted by molar-refractivity contribution is 0.274. The summed E-state index contributed by atoms with van der Waals surface area (Å²) in [6, 6.07) is 3.35. The number of halogens is 1. The number of nitrogens with zero attached hydrogens (tertiary/aromatic N) is 2. The molecule has 1 fully saturated rings. The van der Waals surface area contributed by atoms with Crippen molar-refractivity contribution in [2.24, 2.45) is 0 Å². The van der Waals surface area contributed by atoms with Gasteiger partial charge in [-0.25, -0.2) is 4.98 Å². The molecule has 1 unspecified atom stereocenters. The summed E-state index contributed by atoms with van der Waals surface area (Å²) < 4.78 is 0.929. The molecule has 1 aromatic rings. The normalized spacial score (nSPS) is 21.1. The van der Waals surface area contributed by atoms with E-state index in [0.717, 1.165) is 16.8 Å². The largest absolute Gasteiger partial charge is 0.380 e. The minimum Gasteiger partial charge on any atom is -0.380 e.